The average Bonchev–Trinajstić information content (AvgIpc) is 2.87. The second-order valence-electron chi connectivity index (χ2n) is 5.35. The van der Waals surface area contributed by atoms with Crippen molar-refractivity contribution in [1.82, 2.24) is 0 Å². The van der Waals surface area contributed by atoms with Crippen molar-refractivity contribution in [3.8, 4) is 0 Å². The maximum atomic E-state index is 14.4. The van der Waals surface area contributed by atoms with Gasteiger partial charge in [-0.1, -0.05) is 18.2 Å². The van der Waals surface area contributed by atoms with Gasteiger partial charge in [0.25, 0.3) is 0 Å². The van der Waals surface area contributed by atoms with E-state index in [9.17, 15) is 22.0 Å². The number of carbonyl (C=O) groups excluding carboxylic acids is 1. The van der Waals surface area contributed by atoms with Gasteiger partial charge < -0.3 is 4.74 Å². The van der Waals surface area contributed by atoms with Crippen molar-refractivity contribution in [3.63, 3.8) is 0 Å². The van der Waals surface area contributed by atoms with Crippen LogP contribution in [-0.2, 0) is 19.4 Å². The quantitative estimate of drug-likeness (QED) is 0.799. The van der Waals surface area contributed by atoms with Crippen molar-refractivity contribution in [2.24, 2.45) is 0 Å². The van der Waals surface area contributed by atoms with Crippen LogP contribution >= 0.6 is 0 Å². The van der Waals surface area contributed by atoms with E-state index in [-0.39, 0.29) is 33.8 Å². The highest BCUT2D eigenvalue weighted by Gasteiger charge is 2.29. The number of sulfone groups is 1. The van der Waals surface area contributed by atoms with E-state index in [1.807, 2.05) is 0 Å². The summed E-state index contributed by atoms with van der Waals surface area (Å²) in [4.78, 5) is 11.8. The Morgan fingerprint density at radius 2 is 1.83 bits per heavy atom. The maximum absolute atomic E-state index is 14.4. The first-order valence-electron chi connectivity index (χ1n) is 6.93. The molecule has 1 aliphatic rings. The average molecular weight is 350 g/mol. The topological polar surface area (TPSA) is 60.4 Å². The summed E-state index contributed by atoms with van der Waals surface area (Å²) in [6.07, 6.45) is 0.973. The number of esters is 1. The van der Waals surface area contributed by atoms with Crippen LogP contribution in [0.1, 0.15) is 11.1 Å². The molecule has 0 aliphatic carbocycles. The van der Waals surface area contributed by atoms with Gasteiger partial charge in [0.05, 0.1) is 10.5 Å². The van der Waals surface area contributed by atoms with Crippen LogP contribution in [0.2, 0.25) is 0 Å². The molecule has 24 heavy (non-hydrogen) atoms. The normalized spacial score (nSPS) is 14.9. The standard InChI is InChI=1S/C17H12F2O4S/c1-24(21,22)12-5-6-13(15(19)8-12)14-9-23-17(20)16(14)10-3-2-4-11(18)7-10/h2-8H,9H2,1H3. The van der Waals surface area contributed by atoms with Gasteiger partial charge in [0.15, 0.2) is 9.84 Å². The zero-order valence-corrected chi connectivity index (χ0v) is 13.4. The fraction of sp³-hybridized carbons (Fsp3) is 0.118. The Morgan fingerprint density at radius 1 is 1.08 bits per heavy atom. The van der Waals surface area contributed by atoms with Crippen LogP contribution < -0.4 is 0 Å². The Kier molecular flexibility index (Phi) is 3.96. The minimum absolute atomic E-state index is 0.0486. The highest BCUT2D eigenvalue weighted by Crippen LogP contribution is 2.34. The molecule has 0 saturated carbocycles. The van der Waals surface area contributed by atoms with Gasteiger partial charge in [-0.15, -0.1) is 0 Å². The summed E-state index contributed by atoms with van der Waals surface area (Å²) in [6.45, 7) is -0.167. The van der Waals surface area contributed by atoms with Crippen LogP contribution in [0.4, 0.5) is 8.78 Å². The van der Waals surface area contributed by atoms with E-state index in [4.69, 9.17) is 4.74 Å². The van der Waals surface area contributed by atoms with Crippen LogP contribution in [0.3, 0.4) is 0 Å². The van der Waals surface area contributed by atoms with E-state index >= 15 is 0 Å². The lowest BCUT2D eigenvalue weighted by Gasteiger charge is -2.07. The van der Waals surface area contributed by atoms with Gasteiger partial charge in [0.2, 0.25) is 0 Å². The van der Waals surface area contributed by atoms with Crippen LogP contribution in [-0.4, -0.2) is 27.2 Å². The number of carbonyl (C=O) groups is 1. The van der Waals surface area contributed by atoms with E-state index in [0.29, 0.717) is 0 Å². The molecular weight excluding hydrogens is 338 g/mol. The van der Waals surface area contributed by atoms with Crippen LogP contribution in [0.15, 0.2) is 47.4 Å². The summed E-state index contributed by atoms with van der Waals surface area (Å²) in [5.74, 6) is -2.01. The Bertz CT molecular complexity index is 978. The first-order chi connectivity index (χ1) is 11.3. The second kappa shape index (κ2) is 5.83. The number of hydrogen-bond acceptors (Lipinski definition) is 4. The Labute approximate surface area is 137 Å². The summed E-state index contributed by atoms with van der Waals surface area (Å²) < 4.78 is 55.8. The molecule has 0 atom stereocenters. The van der Waals surface area contributed by atoms with Gasteiger partial charge in [0, 0.05) is 17.4 Å². The van der Waals surface area contributed by atoms with E-state index in [2.05, 4.69) is 0 Å². The fourth-order valence-electron chi connectivity index (χ4n) is 2.52. The second-order valence-corrected chi connectivity index (χ2v) is 7.37. The van der Waals surface area contributed by atoms with Crippen molar-refractivity contribution in [1.29, 1.82) is 0 Å². The van der Waals surface area contributed by atoms with Gasteiger partial charge in [-0.2, -0.15) is 0 Å². The molecule has 7 heteroatoms. The van der Waals surface area contributed by atoms with Gasteiger partial charge in [-0.3, -0.25) is 0 Å². The van der Waals surface area contributed by atoms with Crippen molar-refractivity contribution in [3.05, 3.63) is 65.2 Å². The first-order valence-corrected chi connectivity index (χ1v) is 8.82. The summed E-state index contributed by atoms with van der Waals surface area (Å²) in [5, 5.41) is 0. The van der Waals surface area contributed by atoms with Gasteiger partial charge in [0.1, 0.15) is 18.2 Å². The molecule has 0 aromatic heterocycles. The zero-order valence-electron chi connectivity index (χ0n) is 12.5. The lowest BCUT2D eigenvalue weighted by Crippen LogP contribution is -2.01. The molecule has 1 aliphatic heterocycles. The van der Waals surface area contributed by atoms with Crippen molar-refractivity contribution >= 4 is 27.0 Å². The van der Waals surface area contributed by atoms with E-state index < -0.39 is 27.4 Å². The van der Waals surface area contributed by atoms with Crippen LogP contribution in [0, 0.1) is 11.6 Å². The van der Waals surface area contributed by atoms with Gasteiger partial charge >= 0.3 is 5.97 Å². The summed E-state index contributed by atoms with van der Waals surface area (Å²) in [7, 11) is -3.55. The smallest absolute Gasteiger partial charge is 0.339 e. The Hall–Kier alpha value is -2.54. The molecule has 4 nitrogen and oxygen atoms in total. The monoisotopic (exact) mass is 350 g/mol. The van der Waals surface area contributed by atoms with E-state index in [1.54, 1.807) is 0 Å². The number of halogens is 2. The van der Waals surface area contributed by atoms with Crippen molar-refractivity contribution in [2.75, 3.05) is 12.9 Å². The van der Waals surface area contributed by atoms with Crippen LogP contribution in [0.25, 0.3) is 11.1 Å². The molecule has 3 rings (SSSR count). The maximum Gasteiger partial charge on any atom is 0.339 e. The molecule has 0 fully saturated rings. The highest BCUT2D eigenvalue weighted by molar-refractivity contribution is 7.90. The Morgan fingerprint density at radius 3 is 2.46 bits per heavy atom. The predicted molar refractivity (Wildman–Crippen MR) is 83.7 cm³/mol. The van der Waals surface area contributed by atoms with Gasteiger partial charge in [-0.05, 0) is 29.8 Å². The SMILES string of the molecule is CS(=O)(=O)c1ccc(C2=C(c3cccc(F)c3)C(=O)OC2)c(F)c1. The number of hydrogen-bond donors (Lipinski definition) is 0. The minimum Gasteiger partial charge on any atom is -0.457 e. The van der Waals surface area contributed by atoms with Crippen molar-refractivity contribution < 1.29 is 26.7 Å². The highest BCUT2D eigenvalue weighted by atomic mass is 32.2. The third-order valence-electron chi connectivity index (χ3n) is 3.66. The summed E-state index contributed by atoms with van der Waals surface area (Å²) in [6, 6.07) is 8.77. The largest absolute Gasteiger partial charge is 0.457 e. The number of cyclic esters (lactones) is 1. The predicted octanol–water partition coefficient (Wildman–Crippen LogP) is 2.84. The molecule has 0 unspecified atom stereocenters. The molecule has 1 heterocycles. The zero-order chi connectivity index (χ0) is 17.5. The lowest BCUT2D eigenvalue weighted by atomic mass is 9.96. The number of ether oxygens (including phenoxy) is 1. The third kappa shape index (κ3) is 2.94. The van der Waals surface area contributed by atoms with Crippen LogP contribution in [0.5, 0.6) is 0 Å². The molecule has 0 bridgehead atoms. The molecular formula is C17H12F2O4S. The number of benzene rings is 2. The third-order valence-corrected chi connectivity index (χ3v) is 4.77. The molecule has 0 radical (unpaired) electrons. The summed E-state index contributed by atoms with van der Waals surface area (Å²) >= 11 is 0. The molecule has 0 N–H and O–H groups in total. The fourth-order valence-corrected chi connectivity index (χ4v) is 3.16. The van der Waals surface area contributed by atoms with E-state index in [0.717, 1.165) is 18.4 Å². The molecule has 2 aromatic carbocycles. The Balaban J connectivity index is 2.18. The molecule has 124 valence electrons. The van der Waals surface area contributed by atoms with Gasteiger partial charge in [-0.25, -0.2) is 22.0 Å². The minimum atomic E-state index is -3.55. The summed E-state index contributed by atoms with van der Waals surface area (Å²) in [5.41, 5.74) is 0.648. The first kappa shape index (κ1) is 16.3. The lowest BCUT2D eigenvalue weighted by molar-refractivity contribution is -0.133. The molecule has 0 saturated heterocycles. The molecule has 0 amide bonds. The number of rotatable bonds is 3. The van der Waals surface area contributed by atoms with E-state index in [1.165, 1.54) is 30.3 Å². The molecule has 2 aromatic rings. The molecule has 0 spiro atoms. The van der Waals surface area contributed by atoms with Crippen molar-refractivity contribution in [2.45, 2.75) is 4.90 Å².